The van der Waals surface area contributed by atoms with Gasteiger partial charge in [0.25, 0.3) is 0 Å². The van der Waals surface area contributed by atoms with Gasteiger partial charge in [0, 0.05) is 13.1 Å². The number of nitrogens with zero attached hydrogens (tertiary/aromatic N) is 1. The summed E-state index contributed by atoms with van der Waals surface area (Å²) in [4.78, 5) is 9.83. The van der Waals surface area contributed by atoms with Gasteiger partial charge in [-0.25, -0.2) is 22.0 Å². The van der Waals surface area contributed by atoms with E-state index in [0.29, 0.717) is 12.1 Å². The van der Waals surface area contributed by atoms with Crippen molar-refractivity contribution in [2.24, 2.45) is 0 Å². The van der Waals surface area contributed by atoms with Crippen molar-refractivity contribution in [2.75, 3.05) is 13.1 Å². The first-order chi connectivity index (χ1) is 9.06. The van der Waals surface area contributed by atoms with Crippen LogP contribution in [0.25, 0.3) is 0 Å². The van der Waals surface area contributed by atoms with E-state index in [1.807, 2.05) is 0 Å². The first-order valence-electron chi connectivity index (χ1n) is 5.50. The molecule has 1 fully saturated rings. The Morgan fingerprint density at radius 2 is 1.90 bits per heavy atom. The minimum atomic E-state index is -4.31. The number of rotatable bonds is 3. The van der Waals surface area contributed by atoms with Crippen LogP contribution in [0.2, 0.25) is 0 Å². The van der Waals surface area contributed by atoms with Gasteiger partial charge in [-0.2, -0.15) is 4.31 Å². The van der Waals surface area contributed by atoms with Crippen molar-refractivity contribution >= 4 is 16.0 Å². The second kappa shape index (κ2) is 4.47. The van der Waals surface area contributed by atoms with E-state index in [1.54, 1.807) is 0 Å². The molecule has 1 aliphatic rings. The first-order valence-corrected chi connectivity index (χ1v) is 6.94. The zero-order chi connectivity index (χ0) is 15.3. The van der Waals surface area contributed by atoms with Gasteiger partial charge >= 0.3 is 5.97 Å². The summed E-state index contributed by atoms with van der Waals surface area (Å²) < 4.78 is 52.0. The lowest BCUT2D eigenvalue weighted by molar-refractivity contribution is -0.0427. The molecule has 0 aliphatic carbocycles. The van der Waals surface area contributed by atoms with Crippen LogP contribution in [0.3, 0.4) is 0 Å². The van der Waals surface area contributed by atoms with Crippen LogP contribution in [0.4, 0.5) is 8.78 Å². The lowest BCUT2D eigenvalue weighted by atomic mass is 10.0. The molecule has 0 unspecified atom stereocenters. The molecule has 110 valence electrons. The first kappa shape index (κ1) is 14.8. The number of halogens is 2. The summed E-state index contributed by atoms with van der Waals surface area (Å²) in [5, 5.41) is 18.2. The van der Waals surface area contributed by atoms with Gasteiger partial charge in [-0.1, -0.05) is 0 Å². The molecule has 0 bridgehead atoms. The number of carboxylic acids is 1. The number of aromatic carboxylic acids is 1. The maximum Gasteiger partial charge on any atom is 0.341 e. The zero-order valence-electron chi connectivity index (χ0n) is 10.3. The van der Waals surface area contributed by atoms with Crippen LogP contribution in [0, 0.1) is 11.6 Å². The third-order valence-corrected chi connectivity index (χ3v) is 4.73. The topological polar surface area (TPSA) is 94.9 Å². The molecule has 6 nitrogen and oxygen atoms in total. The third-order valence-electron chi connectivity index (χ3n) is 2.92. The monoisotopic (exact) mass is 307 g/mol. The molecule has 1 heterocycles. The second-order valence-electron chi connectivity index (χ2n) is 4.81. The number of benzene rings is 1. The maximum atomic E-state index is 13.9. The predicted octanol–water partition coefficient (Wildman–Crippen LogP) is 0.418. The van der Waals surface area contributed by atoms with E-state index in [2.05, 4.69) is 0 Å². The predicted molar refractivity (Wildman–Crippen MR) is 62.7 cm³/mol. The van der Waals surface area contributed by atoms with E-state index in [1.165, 1.54) is 6.92 Å². The van der Waals surface area contributed by atoms with E-state index in [-0.39, 0.29) is 13.1 Å². The Hall–Kier alpha value is -1.58. The fraction of sp³-hybridized carbons (Fsp3) is 0.364. The number of aliphatic hydroxyl groups is 1. The van der Waals surface area contributed by atoms with Crippen molar-refractivity contribution in [1.82, 2.24) is 4.31 Å². The normalized spacial score (nSPS) is 18.6. The lowest BCUT2D eigenvalue weighted by Crippen LogP contribution is -2.61. The fourth-order valence-electron chi connectivity index (χ4n) is 1.95. The Balaban J connectivity index is 2.49. The van der Waals surface area contributed by atoms with Crippen LogP contribution in [0.1, 0.15) is 17.3 Å². The number of carbonyl (C=O) groups is 1. The van der Waals surface area contributed by atoms with E-state index < -0.39 is 43.7 Å². The van der Waals surface area contributed by atoms with Gasteiger partial charge in [0.15, 0.2) is 5.82 Å². The van der Waals surface area contributed by atoms with Crippen molar-refractivity contribution in [2.45, 2.75) is 17.4 Å². The minimum absolute atomic E-state index is 0.242. The largest absolute Gasteiger partial charge is 0.477 e. The lowest BCUT2D eigenvalue weighted by Gasteiger charge is -2.42. The summed E-state index contributed by atoms with van der Waals surface area (Å²) in [7, 11) is -4.31. The van der Waals surface area contributed by atoms with Crippen LogP contribution in [0.15, 0.2) is 17.0 Å². The van der Waals surface area contributed by atoms with Gasteiger partial charge in [0.2, 0.25) is 10.0 Å². The summed E-state index contributed by atoms with van der Waals surface area (Å²) in [6.07, 6.45) is 0. The molecule has 0 radical (unpaired) electrons. The molecule has 0 atom stereocenters. The van der Waals surface area contributed by atoms with Gasteiger partial charge in [-0.3, -0.25) is 0 Å². The Bertz CT molecular complexity index is 678. The van der Waals surface area contributed by atoms with Crippen LogP contribution in [-0.4, -0.2) is 47.6 Å². The summed E-state index contributed by atoms with van der Waals surface area (Å²) in [6.45, 7) is 0.922. The van der Waals surface area contributed by atoms with Crippen LogP contribution in [-0.2, 0) is 10.0 Å². The molecule has 9 heteroatoms. The number of hydrogen-bond donors (Lipinski definition) is 2. The third kappa shape index (κ3) is 2.28. The highest BCUT2D eigenvalue weighted by molar-refractivity contribution is 7.89. The second-order valence-corrected chi connectivity index (χ2v) is 6.72. The van der Waals surface area contributed by atoms with Gasteiger partial charge in [0.1, 0.15) is 16.3 Å². The highest BCUT2D eigenvalue weighted by Gasteiger charge is 2.45. The Morgan fingerprint density at radius 1 is 1.35 bits per heavy atom. The van der Waals surface area contributed by atoms with Crippen molar-refractivity contribution in [1.29, 1.82) is 0 Å². The standard InChI is InChI=1S/C11H11F2NO5S/c1-11(17)4-14(5-11)20(18,19)7-3-2-6(12)8(9(7)13)10(15)16/h2-3,17H,4-5H2,1H3,(H,15,16). The van der Waals surface area contributed by atoms with Crippen molar-refractivity contribution < 1.29 is 32.2 Å². The SMILES string of the molecule is CC1(O)CN(S(=O)(=O)c2ccc(F)c(C(=O)O)c2F)C1. The fourth-order valence-corrected chi connectivity index (χ4v) is 3.69. The Labute approximate surface area is 113 Å². The van der Waals surface area contributed by atoms with E-state index in [9.17, 15) is 27.1 Å². The highest BCUT2D eigenvalue weighted by atomic mass is 32.2. The highest BCUT2D eigenvalue weighted by Crippen LogP contribution is 2.30. The Kier molecular flexibility index (Phi) is 3.31. The number of hydrogen-bond acceptors (Lipinski definition) is 4. The molecule has 0 amide bonds. The summed E-state index contributed by atoms with van der Waals surface area (Å²) in [5.41, 5.74) is -2.53. The Morgan fingerprint density at radius 3 is 2.35 bits per heavy atom. The molecule has 0 aromatic heterocycles. The molecule has 1 aliphatic heterocycles. The van der Waals surface area contributed by atoms with Crippen LogP contribution < -0.4 is 0 Å². The van der Waals surface area contributed by atoms with E-state index >= 15 is 0 Å². The average Bonchev–Trinajstić information content (AvgIpc) is 2.24. The molecule has 1 aromatic rings. The maximum absolute atomic E-state index is 13.9. The van der Waals surface area contributed by atoms with Crippen molar-refractivity contribution in [3.8, 4) is 0 Å². The smallest absolute Gasteiger partial charge is 0.341 e. The van der Waals surface area contributed by atoms with Crippen molar-refractivity contribution in [3.63, 3.8) is 0 Å². The molecular formula is C11H11F2NO5S. The number of β-amino-alcohol motifs (C(OH)–C–C–N with tert-alkyl or cyclic N) is 1. The molecular weight excluding hydrogens is 296 g/mol. The quantitative estimate of drug-likeness (QED) is 0.844. The van der Waals surface area contributed by atoms with Gasteiger partial charge in [0.05, 0.1) is 5.60 Å². The molecule has 0 spiro atoms. The minimum Gasteiger partial charge on any atom is -0.477 e. The number of carboxylic acid groups (broad SMARTS) is 1. The molecule has 1 saturated heterocycles. The van der Waals surface area contributed by atoms with Crippen LogP contribution >= 0.6 is 0 Å². The molecule has 2 N–H and O–H groups in total. The average molecular weight is 307 g/mol. The molecule has 1 aromatic carbocycles. The number of sulfonamides is 1. The molecule has 2 rings (SSSR count). The van der Waals surface area contributed by atoms with E-state index in [4.69, 9.17) is 5.11 Å². The van der Waals surface area contributed by atoms with Crippen LogP contribution in [0.5, 0.6) is 0 Å². The van der Waals surface area contributed by atoms with Gasteiger partial charge in [-0.05, 0) is 19.1 Å². The van der Waals surface area contributed by atoms with Gasteiger partial charge < -0.3 is 10.2 Å². The summed E-state index contributed by atoms with van der Waals surface area (Å²) in [6, 6.07) is 1.25. The zero-order valence-corrected chi connectivity index (χ0v) is 11.1. The molecule has 0 saturated carbocycles. The van der Waals surface area contributed by atoms with E-state index in [0.717, 1.165) is 4.31 Å². The van der Waals surface area contributed by atoms with Gasteiger partial charge in [-0.15, -0.1) is 0 Å². The molecule has 20 heavy (non-hydrogen) atoms. The summed E-state index contributed by atoms with van der Waals surface area (Å²) >= 11 is 0. The van der Waals surface area contributed by atoms with Crippen molar-refractivity contribution in [3.05, 3.63) is 29.3 Å². The summed E-state index contributed by atoms with van der Waals surface area (Å²) in [5.74, 6) is -4.90.